The molecule has 1 aliphatic heterocycles. The highest BCUT2D eigenvalue weighted by atomic mass is 16.7. The van der Waals surface area contributed by atoms with E-state index >= 15 is 0 Å². The molecule has 36 heavy (non-hydrogen) atoms. The average molecular weight is 485 g/mol. The SMILES string of the molecule is Cc1oc(-c2ccc(OC(C)C)cc2)nc1Cn1ccn2nc(-c3ccc4c(c3)OCO4)cc2c1=O. The van der Waals surface area contributed by atoms with Gasteiger partial charge in [0.25, 0.3) is 5.56 Å². The maximum atomic E-state index is 13.3. The number of hydrogen-bond donors (Lipinski definition) is 0. The summed E-state index contributed by atoms with van der Waals surface area (Å²) in [6, 6.07) is 15.0. The molecular weight excluding hydrogens is 460 g/mol. The van der Waals surface area contributed by atoms with Gasteiger partial charge in [-0.1, -0.05) is 0 Å². The van der Waals surface area contributed by atoms with Crippen LogP contribution in [0.1, 0.15) is 25.3 Å². The fraction of sp³-hybridized carbons (Fsp3) is 0.222. The molecule has 0 N–H and O–H groups in total. The van der Waals surface area contributed by atoms with Gasteiger partial charge in [-0.05, 0) is 69.3 Å². The number of nitrogens with zero attached hydrogens (tertiary/aromatic N) is 4. The summed E-state index contributed by atoms with van der Waals surface area (Å²) in [5.74, 6) is 3.32. The standard InChI is InChI=1S/C27H24N4O5/c1-16(2)35-20-7-4-18(5-8-20)26-28-22(17(3)36-26)14-30-10-11-31-23(27(30)32)13-21(29-31)19-6-9-24-25(12-19)34-15-33-24/h4-13,16H,14-15H2,1-3H3. The fourth-order valence-corrected chi connectivity index (χ4v) is 4.16. The van der Waals surface area contributed by atoms with E-state index in [1.54, 1.807) is 27.5 Å². The van der Waals surface area contributed by atoms with Crippen LogP contribution in [-0.2, 0) is 6.54 Å². The highest BCUT2D eigenvalue weighted by Crippen LogP contribution is 2.35. The maximum Gasteiger partial charge on any atom is 0.276 e. The molecular formula is C27H24N4O5. The van der Waals surface area contributed by atoms with E-state index in [0.717, 1.165) is 16.9 Å². The molecule has 0 bridgehead atoms. The van der Waals surface area contributed by atoms with Gasteiger partial charge in [-0.2, -0.15) is 5.10 Å². The molecule has 5 aromatic rings. The topological polar surface area (TPSA) is 93.0 Å². The lowest BCUT2D eigenvalue weighted by Crippen LogP contribution is -2.22. The molecule has 0 radical (unpaired) electrons. The number of fused-ring (bicyclic) bond motifs is 2. The van der Waals surface area contributed by atoms with Crippen molar-refractivity contribution in [3.63, 3.8) is 0 Å². The van der Waals surface area contributed by atoms with Gasteiger partial charge < -0.3 is 23.2 Å². The first-order chi connectivity index (χ1) is 17.4. The Hall–Kier alpha value is -4.53. The Labute approximate surface area is 206 Å². The number of aromatic nitrogens is 4. The Morgan fingerprint density at radius 3 is 2.58 bits per heavy atom. The van der Waals surface area contributed by atoms with Crippen LogP contribution < -0.4 is 19.8 Å². The lowest BCUT2D eigenvalue weighted by atomic mass is 10.1. The Bertz CT molecular complexity index is 1630. The Kier molecular flexibility index (Phi) is 5.25. The second-order valence-electron chi connectivity index (χ2n) is 8.87. The molecule has 182 valence electrons. The van der Waals surface area contributed by atoms with Crippen molar-refractivity contribution < 1.29 is 18.6 Å². The quantitative estimate of drug-likeness (QED) is 0.345. The molecule has 1 aliphatic rings. The van der Waals surface area contributed by atoms with E-state index in [1.807, 2.05) is 63.2 Å². The number of aryl methyl sites for hydroxylation is 1. The maximum absolute atomic E-state index is 13.3. The minimum absolute atomic E-state index is 0.103. The minimum atomic E-state index is -0.170. The van der Waals surface area contributed by atoms with Gasteiger partial charge in [-0.3, -0.25) is 4.79 Å². The monoisotopic (exact) mass is 484 g/mol. The van der Waals surface area contributed by atoms with Crippen molar-refractivity contribution in [2.45, 2.75) is 33.4 Å². The number of oxazole rings is 1. The summed E-state index contributed by atoms with van der Waals surface area (Å²) in [5, 5.41) is 4.57. The Morgan fingerprint density at radius 2 is 1.78 bits per heavy atom. The Balaban J connectivity index is 1.27. The molecule has 0 unspecified atom stereocenters. The van der Waals surface area contributed by atoms with Crippen molar-refractivity contribution in [1.29, 1.82) is 0 Å². The van der Waals surface area contributed by atoms with E-state index < -0.39 is 0 Å². The fourth-order valence-electron chi connectivity index (χ4n) is 4.16. The number of rotatable bonds is 6. The van der Waals surface area contributed by atoms with Crippen molar-refractivity contribution in [1.82, 2.24) is 19.2 Å². The molecule has 9 heteroatoms. The summed E-state index contributed by atoms with van der Waals surface area (Å²) < 4.78 is 25.6. The molecule has 0 saturated heterocycles. The van der Waals surface area contributed by atoms with E-state index in [4.69, 9.17) is 18.6 Å². The van der Waals surface area contributed by atoms with Crippen molar-refractivity contribution >= 4 is 5.52 Å². The second kappa shape index (κ2) is 8.60. The molecule has 0 fully saturated rings. The summed E-state index contributed by atoms with van der Waals surface area (Å²) in [7, 11) is 0. The zero-order valence-electron chi connectivity index (χ0n) is 20.1. The highest BCUT2D eigenvalue weighted by Gasteiger charge is 2.17. The molecule has 2 aromatic carbocycles. The third-order valence-corrected chi connectivity index (χ3v) is 5.96. The third kappa shape index (κ3) is 3.98. The first-order valence-corrected chi connectivity index (χ1v) is 11.7. The molecule has 3 aromatic heterocycles. The highest BCUT2D eigenvalue weighted by molar-refractivity contribution is 5.68. The van der Waals surface area contributed by atoms with Crippen LogP contribution in [0.15, 0.2) is 70.1 Å². The van der Waals surface area contributed by atoms with Crippen LogP contribution in [0.5, 0.6) is 17.2 Å². The van der Waals surface area contributed by atoms with Gasteiger partial charge in [-0.15, -0.1) is 0 Å². The summed E-state index contributed by atoms with van der Waals surface area (Å²) in [6.07, 6.45) is 3.57. The molecule has 0 saturated carbocycles. The molecule has 4 heterocycles. The van der Waals surface area contributed by atoms with Gasteiger partial charge in [0.1, 0.15) is 22.7 Å². The van der Waals surface area contributed by atoms with Gasteiger partial charge >= 0.3 is 0 Å². The smallest absolute Gasteiger partial charge is 0.276 e. The van der Waals surface area contributed by atoms with Gasteiger partial charge in [-0.25, -0.2) is 9.50 Å². The second-order valence-corrected chi connectivity index (χ2v) is 8.87. The van der Waals surface area contributed by atoms with Gasteiger partial charge in [0.2, 0.25) is 12.7 Å². The van der Waals surface area contributed by atoms with E-state index in [9.17, 15) is 4.79 Å². The van der Waals surface area contributed by atoms with Crippen LogP contribution in [0.25, 0.3) is 28.2 Å². The van der Waals surface area contributed by atoms with E-state index in [-0.39, 0.29) is 25.0 Å². The zero-order valence-corrected chi connectivity index (χ0v) is 20.1. The zero-order chi connectivity index (χ0) is 24.8. The van der Waals surface area contributed by atoms with E-state index in [2.05, 4.69) is 10.1 Å². The van der Waals surface area contributed by atoms with E-state index in [0.29, 0.717) is 40.1 Å². The molecule has 0 spiro atoms. The Morgan fingerprint density at radius 1 is 1.00 bits per heavy atom. The minimum Gasteiger partial charge on any atom is -0.491 e. The number of benzene rings is 2. The summed E-state index contributed by atoms with van der Waals surface area (Å²) in [4.78, 5) is 17.9. The molecule has 0 amide bonds. The van der Waals surface area contributed by atoms with Gasteiger partial charge in [0.05, 0.1) is 18.3 Å². The predicted molar refractivity (Wildman–Crippen MR) is 133 cm³/mol. The van der Waals surface area contributed by atoms with Gasteiger partial charge in [0, 0.05) is 23.5 Å². The summed E-state index contributed by atoms with van der Waals surface area (Å²) in [5.41, 5.74) is 3.34. The average Bonchev–Trinajstić information content (AvgIpc) is 3.59. The van der Waals surface area contributed by atoms with Crippen molar-refractivity contribution in [3.8, 4) is 40.0 Å². The van der Waals surface area contributed by atoms with E-state index in [1.165, 1.54) is 0 Å². The molecule has 9 nitrogen and oxygen atoms in total. The summed E-state index contributed by atoms with van der Waals surface area (Å²) in [6.45, 7) is 6.31. The molecule has 0 atom stereocenters. The number of ether oxygens (including phenoxy) is 3. The van der Waals surface area contributed by atoms with Crippen molar-refractivity contribution in [2.75, 3.05) is 6.79 Å². The van der Waals surface area contributed by atoms with Crippen LogP contribution in [0.4, 0.5) is 0 Å². The number of hydrogen-bond acceptors (Lipinski definition) is 7. The van der Waals surface area contributed by atoms with Crippen LogP contribution >= 0.6 is 0 Å². The first kappa shape index (κ1) is 22.0. The lowest BCUT2D eigenvalue weighted by molar-refractivity contribution is 0.174. The van der Waals surface area contributed by atoms with Crippen LogP contribution in [0.2, 0.25) is 0 Å². The van der Waals surface area contributed by atoms with Crippen LogP contribution in [0.3, 0.4) is 0 Å². The summed E-state index contributed by atoms with van der Waals surface area (Å²) >= 11 is 0. The van der Waals surface area contributed by atoms with Crippen LogP contribution in [-0.4, -0.2) is 32.1 Å². The molecule has 0 aliphatic carbocycles. The predicted octanol–water partition coefficient (Wildman–Crippen LogP) is 4.69. The van der Waals surface area contributed by atoms with Crippen LogP contribution in [0, 0.1) is 6.92 Å². The largest absolute Gasteiger partial charge is 0.491 e. The van der Waals surface area contributed by atoms with Crippen molar-refractivity contribution in [3.05, 3.63) is 82.7 Å². The lowest BCUT2D eigenvalue weighted by Gasteiger charge is -2.09. The van der Waals surface area contributed by atoms with Gasteiger partial charge in [0.15, 0.2) is 11.5 Å². The van der Waals surface area contributed by atoms with Crippen molar-refractivity contribution in [2.24, 2.45) is 0 Å². The third-order valence-electron chi connectivity index (χ3n) is 5.96. The molecule has 6 rings (SSSR count). The normalized spacial score (nSPS) is 12.6. The first-order valence-electron chi connectivity index (χ1n) is 11.7.